The number of pyridine rings is 1. The Morgan fingerprint density at radius 3 is 2.54 bits per heavy atom. The minimum Gasteiger partial charge on any atom is -0.503 e. The molecule has 7 N–H and O–H groups in total. The van der Waals surface area contributed by atoms with E-state index in [9.17, 15) is 47.4 Å². The second kappa shape index (κ2) is 13.7. The number of carboxylic acids is 1. The molecule has 2 aliphatic rings. The Morgan fingerprint density at radius 2 is 1.94 bits per heavy atom. The molecule has 0 spiro atoms. The van der Waals surface area contributed by atoms with Crippen LogP contribution in [0, 0.1) is 5.92 Å². The molecule has 24 heteroatoms. The summed E-state index contributed by atoms with van der Waals surface area (Å²) in [6.45, 7) is 2.61. The quantitative estimate of drug-likeness (QED) is 0.0703. The number of carboxylic acid groups (broad SMARTS) is 1. The summed E-state index contributed by atoms with van der Waals surface area (Å²) in [7, 11) is -5.10. The van der Waals surface area contributed by atoms with Crippen molar-refractivity contribution in [1.29, 1.82) is 0 Å². The van der Waals surface area contributed by atoms with E-state index in [1.165, 1.54) is 19.2 Å². The third kappa shape index (κ3) is 7.35. The van der Waals surface area contributed by atoms with Gasteiger partial charge in [0.2, 0.25) is 11.0 Å². The molecule has 4 amide bonds. The molecule has 3 aromatic heterocycles. The fraction of sp³-hybridized carbons (Fsp3) is 0.423. The van der Waals surface area contributed by atoms with E-state index in [4.69, 9.17) is 15.3 Å². The second-order valence-corrected chi connectivity index (χ2v) is 13.9. The summed E-state index contributed by atoms with van der Waals surface area (Å²) in [6, 6.07) is -1.92. The van der Waals surface area contributed by atoms with Gasteiger partial charge in [0, 0.05) is 37.4 Å². The lowest BCUT2D eigenvalue weighted by atomic mass is 10.0. The molecule has 5 rings (SSSR count). The van der Waals surface area contributed by atoms with E-state index in [2.05, 4.69) is 25.5 Å². The van der Waals surface area contributed by atoms with Crippen LogP contribution < -0.4 is 26.9 Å². The Balaban J connectivity index is 1.32. The molecule has 0 radical (unpaired) electrons. The molecule has 22 nitrogen and oxygen atoms in total. The first-order chi connectivity index (χ1) is 23.5. The number of amides is 4. The Hall–Kier alpha value is -5.62. The van der Waals surface area contributed by atoms with Gasteiger partial charge in [0.15, 0.2) is 22.4 Å². The van der Waals surface area contributed by atoms with Crippen molar-refractivity contribution in [1.82, 2.24) is 38.7 Å². The number of nitrogens with zero attached hydrogens (tertiary/aromatic N) is 6. The van der Waals surface area contributed by atoms with Gasteiger partial charge in [-0.15, -0.1) is 16.4 Å². The predicted molar refractivity (Wildman–Crippen MR) is 170 cm³/mol. The van der Waals surface area contributed by atoms with Gasteiger partial charge in [-0.3, -0.25) is 23.9 Å². The van der Waals surface area contributed by atoms with Gasteiger partial charge in [0.25, 0.3) is 11.8 Å². The maximum absolute atomic E-state index is 13.4. The third-order valence-electron chi connectivity index (χ3n) is 7.53. The molecule has 268 valence electrons. The van der Waals surface area contributed by atoms with E-state index in [1.54, 1.807) is 4.72 Å². The number of thiazole rings is 1. The van der Waals surface area contributed by atoms with Gasteiger partial charge in [-0.1, -0.05) is 9.24 Å². The number of carbonyl (C=O) groups is 4. The van der Waals surface area contributed by atoms with Gasteiger partial charge in [-0.25, -0.2) is 24.1 Å². The van der Waals surface area contributed by atoms with Crippen molar-refractivity contribution in [2.75, 3.05) is 25.5 Å². The Bertz CT molecular complexity index is 2110. The van der Waals surface area contributed by atoms with Crippen LogP contribution in [0.4, 0.5) is 9.93 Å². The molecule has 2 fully saturated rings. The number of oxime groups is 1. The predicted octanol–water partition coefficient (Wildman–Crippen LogP) is -2.02. The number of aromatic nitrogens is 5. The number of nitrogens with one attached hydrogen (secondary N) is 3. The number of β-lactam (4-membered cyclic amide) rings is 1. The summed E-state index contributed by atoms with van der Waals surface area (Å²) in [6.07, 6.45) is 2.02. The lowest BCUT2D eigenvalue weighted by Gasteiger charge is -2.36. The fourth-order valence-electron chi connectivity index (χ4n) is 4.63. The van der Waals surface area contributed by atoms with Gasteiger partial charge >= 0.3 is 27.9 Å². The first-order valence-corrected chi connectivity index (χ1v) is 16.9. The Labute approximate surface area is 284 Å². The Morgan fingerprint density at radius 1 is 1.24 bits per heavy atom. The average molecular weight is 739 g/mol. The molecule has 0 aromatic carbocycles. The molecule has 1 atom stereocenters. The van der Waals surface area contributed by atoms with Gasteiger partial charge in [-0.05, 0) is 32.6 Å². The van der Waals surface area contributed by atoms with E-state index in [0.717, 1.165) is 28.2 Å². The van der Waals surface area contributed by atoms with Crippen molar-refractivity contribution in [3.63, 3.8) is 0 Å². The molecule has 5 heterocycles. The van der Waals surface area contributed by atoms with E-state index in [1.807, 2.05) is 0 Å². The van der Waals surface area contributed by atoms with Crippen LogP contribution in [0.15, 0.2) is 32.4 Å². The monoisotopic (exact) mass is 738 g/mol. The molecule has 0 unspecified atom stereocenters. The zero-order valence-electron chi connectivity index (χ0n) is 26.2. The molecule has 0 aliphatic carbocycles. The highest BCUT2D eigenvalue weighted by molar-refractivity contribution is 7.88. The van der Waals surface area contributed by atoms with Crippen LogP contribution in [-0.2, 0) is 40.7 Å². The van der Waals surface area contributed by atoms with Crippen molar-refractivity contribution in [2.24, 2.45) is 11.1 Å². The molecular weight excluding hydrogens is 708 g/mol. The van der Waals surface area contributed by atoms with Crippen molar-refractivity contribution >= 4 is 56.2 Å². The number of hydrogen-bond donors (Lipinski definition) is 6. The number of aromatic amines is 1. The first kappa shape index (κ1) is 35.7. The smallest absolute Gasteiger partial charge is 0.362 e. The van der Waals surface area contributed by atoms with Crippen LogP contribution in [0.3, 0.4) is 0 Å². The van der Waals surface area contributed by atoms with Crippen molar-refractivity contribution < 1.29 is 47.4 Å². The van der Waals surface area contributed by atoms with Gasteiger partial charge < -0.3 is 35.8 Å². The fourth-order valence-corrected chi connectivity index (χ4v) is 6.08. The average Bonchev–Trinajstić information content (AvgIpc) is 3.63. The topological polar surface area (TPSA) is 313 Å². The Kier molecular flexibility index (Phi) is 9.79. The maximum Gasteiger partial charge on any atom is 0.362 e. The van der Waals surface area contributed by atoms with Crippen LogP contribution in [0.25, 0.3) is 11.5 Å². The number of nitrogen functional groups attached to an aromatic ring is 1. The molecule has 3 aromatic rings. The van der Waals surface area contributed by atoms with Crippen LogP contribution in [-0.4, -0.2) is 108 Å². The van der Waals surface area contributed by atoms with Crippen molar-refractivity contribution in [3.8, 4) is 17.3 Å². The molecule has 0 bridgehead atoms. The summed E-state index contributed by atoms with van der Waals surface area (Å²) in [4.78, 5) is 87.7. The minimum absolute atomic E-state index is 0.00479. The van der Waals surface area contributed by atoms with Crippen LogP contribution in [0.2, 0.25) is 0 Å². The standard InChI is InChI=1S/C26H30N10O12S2/c1-26(2,22(41)42)48-32-18(15-11-49-23(27)30-15)20(39)29-14-10-35(21(14)40)24(43)33-50(45,46)36-25(44)34(9-12-3-5-47-6-4-12)19(31-36)13-7-16(37)17(38)8-28-13/h7-8,11-12,14,38H,3-6,9-10H2,1-2H3,(H2,27,30)(H,28,37)(H,29,39)(H,33,43)(H,41,42)/b32-18-/t14-/m0/s1. The number of ether oxygens (including phenoxy) is 1. The molecule has 2 aliphatic heterocycles. The van der Waals surface area contributed by atoms with Crippen LogP contribution >= 0.6 is 11.3 Å². The third-order valence-corrected chi connectivity index (χ3v) is 9.33. The van der Waals surface area contributed by atoms with E-state index in [-0.39, 0.29) is 38.9 Å². The minimum atomic E-state index is -5.10. The number of rotatable bonds is 11. The number of likely N-dealkylation sites (tertiary alicyclic amines) is 1. The largest absolute Gasteiger partial charge is 0.503 e. The molecule has 0 saturated carbocycles. The first-order valence-electron chi connectivity index (χ1n) is 14.6. The normalized spacial score (nSPS) is 17.2. The molecule has 50 heavy (non-hydrogen) atoms. The highest BCUT2D eigenvalue weighted by atomic mass is 32.2. The van der Waals surface area contributed by atoms with E-state index in [0.29, 0.717) is 31.0 Å². The van der Waals surface area contributed by atoms with Crippen LogP contribution in [0.5, 0.6) is 5.75 Å². The number of anilines is 1. The van der Waals surface area contributed by atoms with E-state index < -0.39 is 74.8 Å². The molecule has 2 saturated heterocycles. The van der Waals surface area contributed by atoms with Gasteiger partial charge in [-0.2, -0.15) is 8.42 Å². The number of hydrogen-bond acceptors (Lipinski definition) is 16. The SMILES string of the molecule is CC(C)(O/N=C(\C(=O)N[C@H]1CN(C(=O)NS(=O)(=O)n2nc(-c3cc(=O)c(O)c[nH]3)n(CC3CCOCC3)c2=O)C1=O)c1csc(N)n1)C(=O)O. The number of H-pyrrole nitrogens is 1. The van der Waals surface area contributed by atoms with Gasteiger partial charge in [0.05, 0.1) is 12.2 Å². The summed E-state index contributed by atoms with van der Waals surface area (Å²) in [5, 5.41) is 30.0. The van der Waals surface area contributed by atoms with Gasteiger partial charge in [0.1, 0.15) is 11.7 Å². The highest BCUT2D eigenvalue weighted by Crippen LogP contribution is 2.21. The summed E-state index contributed by atoms with van der Waals surface area (Å²) >= 11 is 0.936. The maximum atomic E-state index is 13.4. The van der Waals surface area contributed by atoms with E-state index >= 15 is 0 Å². The van der Waals surface area contributed by atoms with Crippen molar-refractivity contribution in [2.45, 2.75) is 44.9 Å². The van der Waals surface area contributed by atoms with Crippen LogP contribution in [0.1, 0.15) is 32.4 Å². The number of aliphatic carboxylic acids is 1. The number of carbonyl (C=O) groups excluding carboxylic acids is 3. The number of imide groups is 1. The zero-order valence-corrected chi connectivity index (χ0v) is 27.8. The zero-order chi connectivity index (χ0) is 36.5. The number of nitrogens with two attached hydrogens (primary N) is 1. The van der Waals surface area contributed by atoms with Crippen molar-refractivity contribution in [3.05, 3.63) is 44.0 Å². The lowest BCUT2D eigenvalue weighted by Crippen LogP contribution is -2.68. The second-order valence-electron chi connectivity index (χ2n) is 11.5. The number of aromatic hydroxyl groups is 1. The molecular formula is C26H30N10O12S2. The summed E-state index contributed by atoms with van der Waals surface area (Å²) in [5.74, 6) is -4.54. The summed E-state index contributed by atoms with van der Waals surface area (Å²) < 4.78 is 34.4. The lowest BCUT2D eigenvalue weighted by molar-refractivity contribution is -0.161. The number of urea groups is 1. The highest BCUT2D eigenvalue weighted by Gasteiger charge is 2.44. The summed E-state index contributed by atoms with van der Waals surface area (Å²) in [5.41, 5.74) is 1.01.